The van der Waals surface area contributed by atoms with Crippen molar-refractivity contribution in [3.05, 3.63) is 16.3 Å². The summed E-state index contributed by atoms with van der Waals surface area (Å²) < 4.78 is 0. The van der Waals surface area contributed by atoms with E-state index in [0.717, 1.165) is 0 Å². The Labute approximate surface area is 91.7 Å². The molecule has 0 aliphatic rings. The first kappa shape index (κ1) is 11.5. The highest BCUT2D eigenvalue weighted by Gasteiger charge is 2.10. The fourth-order valence-electron chi connectivity index (χ4n) is 0.999. The highest BCUT2D eigenvalue weighted by atomic mass is 32.1. The monoisotopic (exact) mass is 227 g/mol. The maximum Gasteiger partial charge on any atom is 0.263 e. The molecule has 0 bridgehead atoms. The fraction of sp³-hybridized carbons (Fsp3) is 0.333. The standard InChI is InChI=1S/C9H13N3O2S/c1-11-7(13)2-4-12-9(14)8-6(10)3-5-15-8/h3,5H,2,4,10H2,1H3,(H,11,13)(H,12,14). The molecule has 0 atom stereocenters. The molecule has 1 aromatic heterocycles. The number of carbonyl (C=O) groups excluding carboxylic acids is 2. The van der Waals surface area contributed by atoms with Gasteiger partial charge in [0.1, 0.15) is 4.88 Å². The van der Waals surface area contributed by atoms with Crippen LogP contribution in [-0.2, 0) is 4.79 Å². The Morgan fingerprint density at radius 1 is 1.53 bits per heavy atom. The van der Waals surface area contributed by atoms with Crippen molar-refractivity contribution in [2.75, 3.05) is 19.3 Å². The number of carbonyl (C=O) groups is 2. The number of hydrogen-bond donors (Lipinski definition) is 3. The molecular formula is C9H13N3O2S. The molecule has 6 heteroatoms. The first-order valence-corrected chi connectivity index (χ1v) is 5.35. The minimum atomic E-state index is -0.230. The van der Waals surface area contributed by atoms with Crippen molar-refractivity contribution in [1.82, 2.24) is 10.6 Å². The first-order chi connectivity index (χ1) is 7.15. The lowest BCUT2D eigenvalue weighted by atomic mass is 10.3. The molecule has 1 rings (SSSR count). The maximum absolute atomic E-state index is 11.5. The first-order valence-electron chi connectivity index (χ1n) is 4.47. The van der Waals surface area contributed by atoms with Gasteiger partial charge in [0.15, 0.2) is 0 Å². The van der Waals surface area contributed by atoms with Crippen LogP contribution in [0.2, 0.25) is 0 Å². The van der Waals surface area contributed by atoms with Crippen LogP contribution < -0.4 is 16.4 Å². The number of thiophene rings is 1. The third kappa shape index (κ3) is 3.25. The van der Waals surface area contributed by atoms with Crippen LogP contribution in [-0.4, -0.2) is 25.4 Å². The third-order valence-electron chi connectivity index (χ3n) is 1.82. The number of rotatable bonds is 4. The number of anilines is 1. The van der Waals surface area contributed by atoms with Crippen LogP contribution in [0.5, 0.6) is 0 Å². The summed E-state index contributed by atoms with van der Waals surface area (Å²) in [5.41, 5.74) is 6.04. The molecule has 15 heavy (non-hydrogen) atoms. The number of nitrogens with one attached hydrogen (secondary N) is 2. The third-order valence-corrected chi connectivity index (χ3v) is 2.75. The zero-order chi connectivity index (χ0) is 11.3. The fourth-order valence-corrected chi connectivity index (χ4v) is 1.73. The summed E-state index contributed by atoms with van der Waals surface area (Å²) in [6.45, 7) is 0.315. The van der Waals surface area contributed by atoms with E-state index in [1.165, 1.54) is 11.3 Å². The van der Waals surface area contributed by atoms with Gasteiger partial charge < -0.3 is 16.4 Å². The van der Waals surface area contributed by atoms with Crippen LogP contribution in [0, 0.1) is 0 Å². The van der Waals surface area contributed by atoms with Crippen LogP contribution in [0.3, 0.4) is 0 Å². The molecule has 1 aromatic rings. The minimum absolute atomic E-state index is 0.102. The Bertz CT molecular complexity index is 362. The average Bonchev–Trinajstić information content (AvgIpc) is 2.64. The molecular weight excluding hydrogens is 214 g/mol. The van der Waals surface area contributed by atoms with Crippen molar-refractivity contribution in [2.24, 2.45) is 0 Å². The summed E-state index contributed by atoms with van der Waals surface area (Å²) in [5.74, 6) is -0.333. The predicted octanol–water partition coefficient (Wildman–Crippen LogP) is 0.196. The molecule has 0 radical (unpaired) electrons. The number of nitrogen functional groups attached to an aromatic ring is 1. The van der Waals surface area contributed by atoms with Gasteiger partial charge in [0, 0.05) is 20.0 Å². The van der Waals surface area contributed by atoms with Crippen molar-refractivity contribution >= 4 is 28.8 Å². The van der Waals surface area contributed by atoms with Gasteiger partial charge in [-0.25, -0.2) is 0 Å². The molecule has 2 amide bonds. The van der Waals surface area contributed by atoms with Crippen molar-refractivity contribution in [1.29, 1.82) is 0 Å². The summed E-state index contributed by atoms with van der Waals surface area (Å²) in [4.78, 5) is 22.8. The van der Waals surface area contributed by atoms with Gasteiger partial charge in [-0.05, 0) is 11.4 Å². The Kier molecular flexibility index (Phi) is 4.11. The Morgan fingerprint density at radius 2 is 2.27 bits per heavy atom. The predicted molar refractivity (Wildman–Crippen MR) is 59.7 cm³/mol. The van der Waals surface area contributed by atoms with Gasteiger partial charge in [-0.1, -0.05) is 0 Å². The van der Waals surface area contributed by atoms with Gasteiger partial charge >= 0.3 is 0 Å². The van der Waals surface area contributed by atoms with E-state index in [1.54, 1.807) is 18.5 Å². The van der Waals surface area contributed by atoms with Crippen molar-refractivity contribution in [3.63, 3.8) is 0 Å². The van der Waals surface area contributed by atoms with Gasteiger partial charge in [0.05, 0.1) is 5.69 Å². The van der Waals surface area contributed by atoms with E-state index in [9.17, 15) is 9.59 Å². The van der Waals surface area contributed by atoms with Gasteiger partial charge in [-0.15, -0.1) is 11.3 Å². The van der Waals surface area contributed by atoms with E-state index in [0.29, 0.717) is 17.1 Å². The molecule has 5 nitrogen and oxygen atoms in total. The highest BCUT2D eigenvalue weighted by molar-refractivity contribution is 7.12. The van der Waals surface area contributed by atoms with Gasteiger partial charge in [0.25, 0.3) is 5.91 Å². The second-order valence-corrected chi connectivity index (χ2v) is 3.80. The van der Waals surface area contributed by atoms with Crippen LogP contribution in [0.15, 0.2) is 11.4 Å². The number of hydrogen-bond acceptors (Lipinski definition) is 4. The average molecular weight is 227 g/mol. The quantitative estimate of drug-likeness (QED) is 0.686. The van der Waals surface area contributed by atoms with Crippen LogP contribution >= 0.6 is 11.3 Å². The summed E-state index contributed by atoms with van der Waals surface area (Å²) in [6.07, 6.45) is 0.271. The Morgan fingerprint density at radius 3 is 2.80 bits per heavy atom. The van der Waals surface area contributed by atoms with E-state index in [4.69, 9.17) is 5.73 Å². The molecule has 0 aliphatic heterocycles. The van der Waals surface area contributed by atoms with E-state index >= 15 is 0 Å². The Balaban J connectivity index is 2.38. The van der Waals surface area contributed by atoms with Gasteiger partial charge in [0.2, 0.25) is 5.91 Å². The molecule has 0 saturated carbocycles. The molecule has 0 aromatic carbocycles. The summed E-state index contributed by atoms with van der Waals surface area (Å²) >= 11 is 1.28. The van der Waals surface area contributed by atoms with Crippen molar-refractivity contribution in [3.8, 4) is 0 Å². The summed E-state index contributed by atoms with van der Waals surface area (Å²) in [5, 5.41) is 6.85. The SMILES string of the molecule is CNC(=O)CCNC(=O)c1sccc1N. The molecule has 1 heterocycles. The van der Waals surface area contributed by atoms with Crippen LogP contribution in [0.4, 0.5) is 5.69 Å². The molecule has 82 valence electrons. The zero-order valence-electron chi connectivity index (χ0n) is 8.37. The topological polar surface area (TPSA) is 84.2 Å². The summed E-state index contributed by atoms with van der Waals surface area (Å²) in [7, 11) is 1.56. The Hall–Kier alpha value is -1.56. The lowest BCUT2D eigenvalue weighted by molar-refractivity contribution is -0.120. The van der Waals surface area contributed by atoms with Crippen LogP contribution in [0.1, 0.15) is 16.1 Å². The normalized spacial score (nSPS) is 9.67. The maximum atomic E-state index is 11.5. The van der Waals surface area contributed by atoms with E-state index in [-0.39, 0.29) is 18.2 Å². The molecule has 0 fully saturated rings. The second-order valence-electron chi connectivity index (χ2n) is 2.88. The number of nitrogens with two attached hydrogens (primary N) is 1. The van der Waals surface area contributed by atoms with E-state index < -0.39 is 0 Å². The molecule has 4 N–H and O–H groups in total. The van der Waals surface area contributed by atoms with Crippen LogP contribution in [0.25, 0.3) is 0 Å². The zero-order valence-corrected chi connectivity index (χ0v) is 9.19. The lowest BCUT2D eigenvalue weighted by Crippen LogP contribution is -2.29. The highest BCUT2D eigenvalue weighted by Crippen LogP contribution is 2.17. The molecule has 0 spiro atoms. The lowest BCUT2D eigenvalue weighted by Gasteiger charge is -2.03. The van der Waals surface area contributed by atoms with E-state index in [1.807, 2.05) is 0 Å². The number of amides is 2. The molecule has 0 unspecified atom stereocenters. The van der Waals surface area contributed by atoms with Crippen molar-refractivity contribution < 1.29 is 9.59 Å². The summed E-state index contributed by atoms with van der Waals surface area (Å²) in [6, 6.07) is 1.68. The minimum Gasteiger partial charge on any atom is -0.397 e. The largest absolute Gasteiger partial charge is 0.397 e. The molecule has 0 aliphatic carbocycles. The van der Waals surface area contributed by atoms with Gasteiger partial charge in [-0.3, -0.25) is 9.59 Å². The van der Waals surface area contributed by atoms with E-state index in [2.05, 4.69) is 10.6 Å². The second kappa shape index (κ2) is 5.35. The molecule has 0 saturated heterocycles. The van der Waals surface area contributed by atoms with Gasteiger partial charge in [-0.2, -0.15) is 0 Å². The van der Waals surface area contributed by atoms with Crippen molar-refractivity contribution in [2.45, 2.75) is 6.42 Å². The smallest absolute Gasteiger partial charge is 0.263 e.